The third-order valence-corrected chi connectivity index (χ3v) is 3.36. The Bertz CT molecular complexity index is 487. The zero-order valence-corrected chi connectivity index (χ0v) is 11.0. The van der Waals surface area contributed by atoms with E-state index in [1.165, 1.54) is 4.68 Å². The number of piperidine rings is 1. The van der Waals surface area contributed by atoms with Crippen LogP contribution in [-0.4, -0.2) is 38.7 Å². The Morgan fingerprint density at radius 1 is 1.44 bits per heavy atom. The quantitative estimate of drug-likeness (QED) is 0.823. The number of halogens is 2. The van der Waals surface area contributed by atoms with Gasteiger partial charge in [-0.3, -0.25) is 4.79 Å². The molecule has 18 heavy (non-hydrogen) atoms. The summed E-state index contributed by atoms with van der Waals surface area (Å²) in [6, 6.07) is 2.22. The van der Waals surface area contributed by atoms with Gasteiger partial charge in [-0.1, -0.05) is 0 Å². The Hall–Kier alpha value is -1.32. The van der Waals surface area contributed by atoms with E-state index in [4.69, 9.17) is 28.5 Å². The summed E-state index contributed by atoms with van der Waals surface area (Å²) in [5.74, 6) is -0.0340. The van der Waals surface area contributed by atoms with Crippen LogP contribution in [0.15, 0.2) is 0 Å². The van der Waals surface area contributed by atoms with E-state index < -0.39 is 0 Å². The van der Waals surface area contributed by atoms with Crippen molar-refractivity contribution in [3.05, 3.63) is 10.6 Å². The van der Waals surface area contributed by atoms with E-state index in [-0.39, 0.29) is 28.9 Å². The number of aromatic nitrogens is 3. The first-order valence-corrected chi connectivity index (χ1v) is 6.29. The molecule has 0 bridgehead atoms. The molecule has 8 heteroatoms. The van der Waals surface area contributed by atoms with Crippen LogP contribution < -0.4 is 0 Å². The number of rotatable bonds is 2. The highest BCUT2D eigenvalue weighted by Crippen LogP contribution is 2.17. The van der Waals surface area contributed by atoms with Gasteiger partial charge in [-0.05, 0) is 36.0 Å². The van der Waals surface area contributed by atoms with E-state index in [0.29, 0.717) is 25.9 Å². The summed E-state index contributed by atoms with van der Waals surface area (Å²) in [7, 11) is 0. The molecule has 1 fully saturated rings. The van der Waals surface area contributed by atoms with Crippen molar-refractivity contribution in [2.45, 2.75) is 19.4 Å². The average molecular weight is 288 g/mol. The molecule has 6 nitrogen and oxygen atoms in total. The van der Waals surface area contributed by atoms with Gasteiger partial charge in [0.05, 0.1) is 6.07 Å². The summed E-state index contributed by atoms with van der Waals surface area (Å²) in [5, 5.41) is 12.7. The largest absolute Gasteiger partial charge is 0.341 e. The first kappa shape index (κ1) is 13.1. The van der Waals surface area contributed by atoms with Gasteiger partial charge in [0.25, 0.3) is 0 Å². The van der Waals surface area contributed by atoms with Crippen molar-refractivity contribution in [3.8, 4) is 6.07 Å². The highest BCUT2D eigenvalue weighted by molar-refractivity contribution is 6.31. The average Bonchev–Trinajstić information content (AvgIpc) is 2.68. The van der Waals surface area contributed by atoms with Gasteiger partial charge >= 0.3 is 0 Å². The van der Waals surface area contributed by atoms with E-state index in [1.807, 2.05) is 0 Å². The Morgan fingerprint density at radius 3 is 2.61 bits per heavy atom. The second-order valence-corrected chi connectivity index (χ2v) is 4.77. The SMILES string of the molecule is N#CC1CCN(C(=O)Cn2nc(Cl)nc2Cl)CC1. The number of likely N-dealkylation sites (tertiary alicyclic amines) is 1. The predicted molar refractivity (Wildman–Crippen MR) is 65.0 cm³/mol. The molecular formula is C10H11Cl2N5O. The van der Waals surface area contributed by atoms with E-state index in [1.54, 1.807) is 4.90 Å². The lowest BCUT2D eigenvalue weighted by molar-refractivity contribution is -0.133. The molecule has 1 amide bonds. The van der Waals surface area contributed by atoms with Gasteiger partial charge < -0.3 is 4.90 Å². The third-order valence-electron chi connectivity index (χ3n) is 2.92. The maximum atomic E-state index is 12.0. The predicted octanol–water partition coefficient (Wildman–Crippen LogP) is 1.35. The summed E-state index contributed by atoms with van der Waals surface area (Å²) in [6.45, 7) is 1.21. The van der Waals surface area contributed by atoms with Crippen LogP contribution in [0.3, 0.4) is 0 Å². The molecule has 1 aliphatic rings. The molecule has 0 saturated carbocycles. The molecule has 1 aromatic rings. The van der Waals surface area contributed by atoms with Crippen LogP contribution in [0.2, 0.25) is 10.6 Å². The maximum Gasteiger partial charge on any atom is 0.244 e. The van der Waals surface area contributed by atoms with Gasteiger partial charge in [0, 0.05) is 19.0 Å². The lowest BCUT2D eigenvalue weighted by atomic mass is 9.99. The Balaban J connectivity index is 1.93. The molecule has 0 N–H and O–H groups in total. The van der Waals surface area contributed by atoms with E-state index >= 15 is 0 Å². The molecule has 1 saturated heterocycles. The molecule has 1 aromatic heterocycles. The fraction of sp³-hybridized carbons (Fsp3) is 0.600. The van der Waals surface area contributed by atoms with Crippen molar-refractivity contribution in [2.75, 3.05) is 13.1 Å². The zero-order chi connectivity index (χ0) is 13.1. The number of carbonyl (C=O) groups is 1. The minimum atomic E-state index is -0.0881. The first-order valence-electron chi connectivity index (χ1n) is 5.53. The molecule has 1 aliphatic heterocycles. The molecular weight excluding hydrogens is 277 g/mol. The van der Waals surface area contributed by atoms with Crippen LogP contribution in [-0.2, 0) is 11.3 Å². The van der Waals surface area contributed by atoms with Crippen LogP contribution in [0.5, 0.6) is 0 Å². The lowest BCUT2D eigenvalue weighted by Gasteiger charge is -2.29. The van der Waals surface area contributed by atoms with Crippen molar-refractivity contribution in [3.63, 3.8) is 0 Å². The first-order chi connectivity index (χ1) is 8.60. The number of amides is 1. The summed E-state index contributed by atoms with van der Waals surface area (Å²) in [4.78, 5) is 17.4. The van der Waals surface area contributed by atoms with Gasteiger partial charge in [0.15, 0.2) is 0 Å². The molecule has 2 heterocycles. The van der Waals surface area contributed by atoms with Crippen LogP contribution in [0.25, 0.3) is 0 Å². The van der Waals surface area contributed by atoms with E-state index in [2.05, 4.69) is 16.2 Å². The standard InChI is InChI=1S/C10H11Cl2N5O/c11-9-14-10(12)17(15-9)6-8(18)16-3-1-7(5-13)2-4-16/h7H,1-4,6H2. The van der Waals surface area contributed by atoms with Gasteiger partial charge in [-0.25, -0.2) is 4.68 Å². The van der Waals surface area contributed by atoms with Gasteiger partial charge in [0.2, 0.25) is 16.5 Å². The van der Waals surface area contributed by atoms with Gasteiger partial charge in [-0.15, -0.1) is 5.10 Å². The van der Waals surface area contributed by atoms with Crippen molar-refractivity contribution in [1.82, 2.24) is 19.7 Å². The molecule has 0 unspecified atom stereocenters. The Labute approximate surface area is 114 Å². The molecule has 2 rings (SSSR count). The fourth-order valence-corrected chi connectivity index (χ4v) is 2.28. The number of hydrogen-bond acceptors (Lipinski definition) is 4. The summed E-state index contributed by atoms with van der Waals surface area (Å²) in [6.07, 6.45) is 1.43. The van der Waals surface area contributed by atoms with Crippen LogP contribution >= 0.6 is 23.2 Å². The fourth-order valence-electron chi connectivity index (χ4n) is 1.88. The Morgan fingerprint density at radius 2 is 2.11 bits per heavy atom. The monoisotopic (exact) mass is 287 g/mol. The molecule has 96 valence electrons. The minimum Gasteiger partial charge on any atom is -0.341 e. The van der Waals surface area contributed by atoms with Gasteiger partial charge in [0.1, 0.15) is 6.54 Å². The van der Waals surface area contributed by atoms with Crippen LogP contribution in [0.1, 0.15) is 12.8 Å². The molecule has 0 aromatic carbocycles. The lowest BCUT2D eigenvalue weighted by Crippen LogP contribution is -2.40. The Kier molecular flexibility index (Phi) is 4.04. The minimum absolute atomic E-state index is 0.0236. The highest BCUT2D eigenvalue weighted by Gasteiger charge is 2.23. The highest BCUT2D eigenvalue weighted by atomic mass is 35.5. The zero-order valence-electron chi connectivity index (χ0n) is 9.51. The number of carbonyl (C=O) groups excluding carboxylic acids is 1. The third kappa shape index (κ3) is 2.92. The van der Waals surface area contributed by atoms with Crippen molar-refractivity contribution in [2.24, 2.45) is 5.92 Å². The van der Waals surface area contributed by atoms with E-state index in [9.17, 15) is 4.79 Å². The van der Waals surface area contributed by atoms with Crippen molar-refractivity contribution in [1.29, 1.82) is 5.26 Å². The van der Waals surface area contributed by atoms with Crippen molar-refractivity contribution >= 4 is 29.1 Å². The molecule has 0 radical (unpaired) electrons. The maximum absolute atomic E-state index is 12.0. The number of hydrogen-bond donors (Lipinski definition) is 0. The summed E-state index contributed by atoms with van der Waals surface area (Å²) in [5.41, 5.74) is 0. The molecule has 0 aliphatic carbocycles. The second kappa shape index (κ2) is 5.55. The normalized spacial score (nSPS) is 16.6. The summed E-state index contributed by atoms with van der Waals surface area (Å²) < 4.78 is 1.27. The number of nitrogens with zero attached hydrogens (tertiary/aromatic N) is 5. The van der Waals surface area contributed by atoms with Crippen molar-refractivity contribution < 1.29 is 4.79 Å². The second-order valence-electron chi connectivity index (χ2n) is 4.09. The van der Waals surface area contributed by atoms with E-state index in [0.717, 1.165) is 0 Å². The smallest absolute Gasteiger partial charge is 0.244 e. The van der Waals surface area contributed by atoms with Gasteiger partial charge in [-0.2, -0.15) is 10.2 Å². The van der Waals surface area contributed by atoms with Crippen LogP contribution in [0.4, 0.5) is 0 Å². The van der Waals surface area contributed by atoms with Crippen LogP contribution in [0, 0.1) is 17.2 Å². The summed E-state index contributed by atoms with van der Waals surface area (Å²) >= 11 is 11.3. The molecule has 0 atom stereocenters. The topological polar surface area (TPSA) is 74.8 Å². The molecule has 0 spiro atoms. The number of nitriles is 1.